The van der Waals surface area contributed by atoms with Crippen molar-refractivity contribution in [1.82, 2.24) is 4.31 Å². The first-order valence-corrected chi connectivity index (χ1v) is 9.91. The van der Waals surface area contributed by atoms with E-state index in [2.05, 4.69) is 0 Å². The molecule has 12 heteroatoms. The number of carbonyl (C=O) groups excluding carboxylic acids is 1. The first-order chi connectivity index (χ1) is 12.9. The minimum absolute atomic E-state index is 0. The van der Waals surface area contributed by atoms with Gasteiger partial charge in [0, 0.05) is 19.0 Å². The molecule has 0 aliphatic rings. The molecule has 0 N–H and O–H groups in total. The number of carboxylic acid groups (broad SMARTS) is 1. The SMILES string of the molecule is CN(C)S(=O)(=O)c1ccc(Sc2cc(C(F)(F)F)ccc2OCC(=O)[O-])cc1.[Na+]. The zero-order chi connectivity index (χ0) is 21.1. The van der Waals surface area contributed by atoms with Gasteiger partial charge in [-0.05, 0) is 42.5 Å². The van der Waals surface area contributed by atoms with Crippen molar-refractivity contribution in [1.29, 1.82) is 0 Å². The van der Waals surface area contributed by atoms with Crippen molar-refractivity contribution in [2.24, 2.45) is 0 Å². The summed E-state index contributed by atoms with van der Waals surface area (Å²) in [7, 11) is -0.887. The van der Waals surface area contributed by atoms with Crippen LogP contribution in [-0.4, -0.2) is 39.4 Å². The number of sulfonamides is 1. The Bertz CT molecular complexity index is 964. The molecule has 0 aliphatic heterocycles. The van der Waals surface area contributed by atoms with Crippen LogP contribution in [0.4, 0.5) is 13.2 Å². The topological polar surface area (TPSA) is 86.7 Å². The fraction of sp³-hybridized carbons (Fsp3) is 0.235. The van der Waals surface area contributed by atoms with Crippen LogP contribution in [0.5, 0.6) is 5.75 Å². The number of alkyl halides is 3. The molecule has 29 heavy (non-hydrogen) atoms. The summed E-state index contributed by atoms with van der Waals surface area (Å²) in [4.78, 5) is 11.1. The summed E-state index contributed by atoms with van der Waals surface area (Å²) in [6.07, 6.45) is -4.59. The number of halogens is 3. The van der Waals surface area contributed by atoms with Gasteiger partial charge in [0.15, 0.2) is 0 Å². The average Bonchev–Trinajstić information content (AvgIpc) is 2.60. The molecule has 0 aromatic heterocycles. The quantitative estimate of drug-likeness (QED) is 0.508. The summed E-state index contributed by atoms with van der Waals surface area (Å²) < 4.78 is 69.1. The summed E-state index contributed by atoms with van der Waals surface area (Å²) >= 11 is 0.877. The van der Waals surface area contributed by atoms with E-state index in [1.54, 1.807) is 0 Å². The Morgan fingerprint density at radius 1 is 1.14 bits per heavy atom. The van der Waals surface area contributed by atoms with Gasteiger partial charge in [0.2, 0.25) is 10.0 Å². The maximum atomic E-state index is 13.0. The molecule has 0 spiro atoms. The van der Waals surface area contributed by atoms with Gasteiger partial charge >= 0.3 is 35.7 Å². The Labute approximate surface area is 192 Å². The van der Waals surface area contributed by atoms with Gasteiger partial charge in [-0.15, -0.1) is 0 Å². The monoisotopic (exact) mass is 457 g/mol. The van der Waals surface area contributed by atoms with Gasteiger partial charge in [0.05, 0.1) is 21.3 Å². The standard InChI is InChI=1S/C17H16F3NO5S2.Na/c1-21(2)28(24,25)13-6-4-12(5-7-13)27-15-9-11(17(18,19)20)3-8-14(15)26-10-16(22)23;/h3-9H,10H2,1-2H3,(H,22,23);/q;+1/p-1. The van der Waals surface area contributed by atoms with Crippen LogP contribution in [0.15, 0.2) is 57.2 Å². The fourth-order valence-electron chi connectivity index (χ4n) is 2.04. The second-order valence-corrected chi connectivity index (χ2v) is 8.95. The van der Waals surface area contributed by atoms with E-state index in [1.807, 2.05) is 0 Å². The van der Waals surface area contributed by atoms with Gasteiger partial charge in [0.1, 0.15) is 12.4 Å². The molecule has 0 radical (unpaired) electrons. The smallest absolute Gasteiger partial charge is 0.546 e. The van der Waals surface area contributed by atoms with Crippen molar-refractivity contribution in [2.45, 2.75) is 20.9 Å². The zero-order valence-corrected chi connectivity index (χ0v) is 19.3. The number of carboxylic acids is 1. The van der Waals surface area contributed by atoms with Gasteiger partial charge in [-0.1, -0.05) is 11.8 Å². The Morgan fingerprint density at radius 2 is 1.72 bits per heavy atom. The Hall–Kier alpha value is -1.24. The van der Waals surface area contributed by atoms with Crippen molar-refractivity contribution in [3.8, 4) is 5.75 Å². The molecule has 0 heterocycles. The zero-order valence-electron chi connectivity index (χ0n) is 15.7. The van der Waals surface area contributed by atoms with E-state index in [9.17, 15) is 31.5 Å². The van der Waals surface area contributed by atoms with Crippen LogP contribution >= 0.6 is 11.8 Å². The average molecular weight is 457 g/mol. The van der Waals surface area contributed by atoms with Crippen LogP contribution in [0.3, 0.4) is 0 Å². The van der Waals surface area contributed by atoms with E-state index in [0.717, 1.165) is 34.3 Å². The summed E-state index contributed by atoms with van der Waals surface area (Å²) in [5.74, 6) is -1.58. The summed E-state index contributed by atoms with van der Waals surface area (Å²) in [5, 5.41) is 10.6. The minimum atomic E-state index is -4.59. The van der Waals surface area contributed by atoms with Crippen LogP contribution in [0.1, 0.15) is 5.56 Å². The van der Waals surface area contributed by atoms with E-state index in [-0.39, 0.29) is 45.1 Å². The van der Waals surface area contributed by atoms with Gasteiger partial charge in [0.25, 0.3) is 0 Å². The molecule has 6 nitrogen and oxygen atoms in total. The number of benzene rings is 2. The first kappa shape index (κ1) is 25.8. The van der Waals surface area contributed by atoms with Gasteiger partial charge in [-0.25, -0.2) is 12.7 Å². The second-order valence-electron chi connectivity index (χ2n) is 5.68. The number of carbonyl (C=O) groups is 1. The minimum Gasteiger partial charge on any atom is -0.546 e. The van der Waals surface area contributed by atoms with Gasteiger partial charge in [-0.2, -0.15) is 13.2 Å². The number of nitrogens with zero attached hydrogens (tertiary/aromatic N) is 1. The van der Waals surface area contributed by atoms with Crippen molar-refractivity contribution in [2.75, 3.05) is 20.7 Å². The van der Waals surface area contributed by atoms with E-state index < -0.39 is 34.3 Å². The van der Waals surface area contributed by atoms with Crippen LogP contribution in [0, 0.1) is 0 Å². The van der Waals surface area contributed by atoms with Crippen LogP contribution in [0.2, 0.25) is 0 Å². The van der Waals surface area contributed by atoms with Crippen molar-refractivity contribution >= 4 is 27.8 Å². The third-order valence-electron chi connectivity index (χ3n) is 3.45. The number of aliphatic carboxylic acids is 1. The van der Waals surface area contributed by atoms with Gasteiger partial charge in [-0.3, -0.25) is 0 Å². The Kier molecular flexibility index (Phi) is 9.06. The van der Waals surface area contributed by atoms with E-state index in [0.29, 0.717) is 4.90 Å². The Balaban J connectivity index is 0.00000420. The van der Waals surface area contributed by atoms with Crippen molar-refractivity contribution in [3.63, 3.8) is 0 Å². The normalized spacial score (nSPS) is 11.8. The fourth-order valence-corrected chi connectivity index (χ4v) is 3.88. The molecule has 2 aromatic carbocycles. The van der Waals surface area contributed by atoms with Crippen molar-refractivity contribution in [3.05, 3.63) is 48.0 Å². The third kappa shape index (κ3) is 6.90. The Morgan fingerprint density at radius 3 is 2.21 bits per heavy atom. The van der Waals surface area contributed by atoms with Crippen LogP contribution in [-0.2, 0) is 21.0 Å². The summed E-state index contributed by atoms with van der Waals surface area (Å²) in [6, 6.07) is 8.16. The van der Waals surface area contributed by atoms with Gasteiger partial charge < -0.3 is 14.6 Å². The molecule has 0 unspecified atom stereocenters. The largest absolute Gasteiger partial charge is 1.00 e. The number of ether oxygens (including phenoxy) is 1. The molecule has 2 aromatic rings. The van der Waals surface area contributed by atoms with E-state index >= 15 is 0 Å². The summed E-state index contributed by atoms with van der Waals surface area (Å²) in [5.41, 5.74) is -0.928. The molecular formula is C17H15F3NNaO5S2. The van der Waals surface area contributed by atoms with E-state index in [4.69, 9.17) is 4.74 Å². The van der Waals surface area contributed by atoms with Crippen molar-refractivity contribution < 1.29 is 65.8 Å². The number of hydrogen-bond acceptors (Lipinski definition) is 6. The molecule has 152 valence electrons. The second kappa shape index (κ2) is 10.2. The molecule has 0 saturated carbocycles. The molecule has 2 rings (SSSR count). The van der Waals surface area contributed by atoms with E-state index in [1.165, 1.54) is 38.4 Å². The first-order valence-electron chi connectivity index (χ1n) is 7.65. The predicted molar refractivity (Wildman–Crippen MR) is 93.4 cm³/mol. The molecule has 0 amide bonds. The maximum absolute atomic E-state index is 13.0. The number of hydrogen-bond donors (Lipinski definition) is 0. The maximum Gasteiger partial charge on any atom is 1.00 e. The molecule has 0 saturated heterocycles. The van der Waals surface area contributed by atoms with Crippen LogP contribution in [0.25, 0.3) is 0 Å². The number of rotatable bonds is 7. The molecular weight excluding hydrogens is 442 g/mol. The molecule has 0 aliphatic carbocycles. The molecule has 0 fully saturated rings. The summed E-state index contributed by atoms with van der Waals surface area (Å²) in [6.45, 7) is -0.820. The molecule has 0 bridgehead atoms. The third-order valence-corrected chi connectivity index (χ3v) is 6.32. The predicted octanol–water partition coefficient (Wildman–Crippen LogP) is -0.760. The van der Waals surface area contributed by atoms with Crippen LogP contribution < -0.4 is 39.4 Å². The molecule has 0 atom stereocenters.